The predicted octanol–water partition coefficient (Wildman–Crippen LogP) is 5.60. The van der Waals surface area contributed by atoms with Crippen LogP contribution in [0, 0.1) is 5.92 Å². The van der Waals surface area contributed by atoms with Gasteiger partial charge in [-0.05, 0) is 54.7 Å². The molecule has 1 aliphatic heterocycles. The Balaban J connectivity index is 1.69. The van der Waals surface area contributed by atoms with Crippen LogP contribution < -0.4 is 19.5 Å². The van der Waals surface area contributed by atoms with Gasteiger partial charge in [0.25, 0.3) is 5.91 Å². The van der Waals surface area contributed by atoms with Crippen molar-refractivity contribution >= 4 is 29.4 Å². The minimum atomic E-state index is -0.154. The van der Waals surface area contributed by atoms with Crippen molar-refractivity contribution in [1.82, 2.24) is 4.90 Å². The highest BCUT2D eigenvalue weighted by Gasteiger charge is 2.42. The zero-order valence-electron chi connectivity index (χ0n) is 19.7. The van der Waals surface area contributed by atoms with Crippen molar-refractivity contribution in [1.29, 1.82) is 0 Å². The highest BCUT2D eigenvalue weighted by molar-refractivity contribution is 8.05. The number of methoxy groups -OCH3 is 3. The van der Waals surface area contributed by atoms with Crippen LogP contribution in [0.25, 0.3) is 6.08 Å². The number of carbonyl (C=O) groups is 1. The smallest absolute Gasteiger partial charge is 0.262 e. The molecule has 0 radical (unpaired) electrons. The molecule has 0 spiro atoms. The molecule has 1 saturated carbocycles. The third-order valence-electron chi connectivity index (χ3n) is 6.41. The number of hydrogen-bond donors (Lipinski definition) is 1. The van der Waals surface area contributed by atoms with Crippen LogP contribution in [0.2, 0.25) is 0 Å². The van der Waals surface area contributed by atoms with E-state index in [2.05, 4.69) is 17.1 Å². The number of rotatable bonds is 7. The van der Waals surface area contributed by atoms with Crippen molar-refractivity contribution < 1.29 is 19.0 Å². The van der Waals surface area contributed by atoms with E-state index in [1.807, 2.05) is 48.5 Å². The van der Waals surface area contributed by atoms with E-state index < -0.39 is 0 Å². The van der Waals surface area contributed by atoms with E-state index in [1.165, 1.54) is 6.42 Å². The van der Waals surface area contributed by atoms with E-state index >= 15 is 0 Å². The van der Waals surface area contributed by atoms with Gasteiger partial charge in [-0.3, -0.25) is 4.79 Å². The Hall–Kier alpha value is -2.80. The summed E-state index contributed by atoms with van der Waals surface area (Å²) in [6.45, 7) is 2.27. The molecule has 33 heavy (non-hydrogen) atoms. The van der Waals surface area contributed by atoms with Crippen LogP contribution in [-0.2, 0) is 4.79 Å². The van der Waals surface area contributed by atoms with Crippen molar-refractivity contribution in [2.45, 2.75) is 44.1 Å². The second-order valence-electron chi connectivity index (χ2n) is 8.49. The first-order valence-electron chi connectivity index (χ1n) is 11.4. The lowest BCUT2D eigenvalue weighted by Crippen LogP contribution is -2.48. The first kappa shape index (κ1) is 23.4. The molecule has 176 valence electrons. The number of para-hydroxylation sites is 1. The Morgan fingerprint density at radius 1 is 1.00 bits per heavy atom. The fourth-order valence-electron chi connectivity index (χ4n) is 4.70. The zero-order valence-corrected chi connectivity index (χ0v) is 20.5. The molecular weight excluding hydrogens is 436 g/mol. The first-order chi connectivity index (χ1) is 16.0. The molecule has 0 bridgehead atoms. The molecule has 2 aromatic rings. The molecule has 1 amide bonds. The van der Waals surface area contributed by atoms with E-state index in [4.69, 9.17) is 14.2 Å². The Morgan fingerprint density at radius 2 is 1.67 bits per heavy atom. The second-order valence-corrected chi connectivity index (χ2v) is 9.61. The van der Waals surface area contributed by atoms with Gasteiger partial charge in [-0.15, -0.1) is 0 Å². The maximum atomic E-state index is 13.7. The van der Waals surface area contributed by atoms with Crippen molar-refractivity contribution in [3.63, 3.8) is 0 Å². The highest BCUT2D eigenvalue weighted by atomic mass is 32.2. The van der Waals surface area contributed by atoms with Gasteiger partial charge in [0, 0.05) is 11.7 Å². The number of anilines is 1. The molecule has 0 aromatic heterocycles. The molecule has 3 atom stereocenters. The Kier molecular flexibility index (Phi) is 7.38. The van der Waals surface area contributed by atoms with Gasteiger partial charge in [0.15, 0.2) is 17.0 Å². The topological polar surface area (TPSA) is 60.0 Å². The second kappa shape index (κ2) is 10.4. The van der Waals surface area contributed by atoms with Crippen LogP contribution in [-0.4, -0.2) is 43.7 Å². The molecule has 2 fully saturated rings. The van der Waals surface area contributed by atoms with Gasteiger partial charge in [0.05, 0.1) is 26.2 Å². The minimum Gasteiger partial charge on any atom is -0.493 e. The number of ether oxygens (including phenoxy) is 3. The largest absolute Gasteiger partial charge is 0.493 e. The fraction of sp³-hybridized carbons (Fsp3) is 0.423. The lowest BCUT2D eigenvalue weighted by atomic mass is 9.85. The third-order valence-corrected chi connectivity index (χ3v) is 7.52. The summed E-state index contributed by atoms with van der Waals surface area (Å²) >= 11 is 1.56. The molecule has 7 heteroatoms. The summed E-state index contributed by atoms with van der Waals surface area (Å²) in [6, 6.07) is 14.0. The van der Waals surface area contributed by atoms with Crippen molar-refractivity contribution in [2.24, 2.45) is 5.92 Å². The summed E-state index contributed by atoms with van der Waals surface area (Å²) in [4.78, 5) is 16.5. The maximum absolute atomic E-state index is 13.7. The average molecular weight is 469 g/mol. The lowest BCUT2D eigenvalue weighted by molar-refractivity contribution is -0.129. The van der Waals surface area contributed by atoms with Crippen molar-refractivity contribution in [3.8, 4) is 17.2 Å². The summed E-state index contributed by atoms with van der Waals surface area (Å²) in [5.74, 6) is 2.21. The van der Waals surface area contributed by atoms with Crippen molar-refractivity contribution in [2.75, 3.05) is 26.6 Å². The summed E-state index contributed by atoms with van der Waals surface area (Å²) in [5.41, 5.74) is 1.68. The van der Waals surface area contributed by atoms with E-state index in [-0.39, 0.29) is 17.4 Å². The van der Waals surface area contributed by atoms with E-state index in [1.54, 1.807) is 33.1 Å². The zero-order chi connectivity index (χ0) is 23.4. The van der Waals surface area contributed by atoms with Gasteiger partial charge in [0.2, 0.25) is 5.75 Å². The minimum absolute atomic E-state index is 0.0703. The van der Waals surface area contributed by atoms with Gasteiger partial charge in [-0.2, -0.15) is 0 Å². The van der Waals surface area contributed by atoms with Crippen LogP contribution in [0.5, 0.6) is 17.2 Å². The molecule has 1 N–H and O–H groups in total. The van der Waals surface area contributed by atoms with Crippen LogP contribution in [0.15, 0.2) is 47.4 Å². The van der Waals surface area contributed by atoms with E-state index in [9.17, 15) is 4.79 Å². The number of nitrogens with one attached hydrogen (secondary N) is 1. The van der Waals surface area contributed by atoms with Crippen LogP contribution in [0.1, 0.15) is 38.2 Å². The van der Waals surface area contributed by atoms with Crippen molar-refractivity contribution in [3.05, 3.63) is 52.9 Å². The van der Waals surface area contributed by atoms with E-state index in [0.717, 1.165) is 30.5 Å². The van der Waals surface area contributed by atoms with Gasteiger partial charge in [-0.25, -0.2) is 0 Å². The van der Waals surface area contributed by atoms with Crippen LogP contribution in [0.4, 0.5) is 5.69 Å². The number of thioether (sulfide) groups is 1. The number of nitrogens with zero attached hydrogens (tertiary/aromatic N) is 1. The van der Waals surface area contributed by atoms with Gasteiger partial charge >= 0.3 is 0 Å². The van der Waals surface area contributed by atoms with Gasteiger partial charge < -0.3 is 24.4 Å². The predicted molar refractivity (Wildman–Crippen MR) is 134 cm³/mol. The quantitative estimate of drug-likeness (QED) is 0.534. The molecule has 1 unspecified atom stereocenters. The monoisotopic (exact) mass is 468 g/mol. The standard InChI is InChI=1S/C26H32N2O4S/c1-17-10-8-9-13-20(17)28-25(29)23(33-26(28)27-19-11-6-5-7-12-19)16-18-14-21(30-2)24(32-4)22(15-18)31-3/h5-7,11-12,14-17,20,26-27H,8-10,13H2,1-4H3/b23-16-/t17-,20+,26?/m0/s1. The molecule has 1 aliphatic carbocycles. The summed E-state index contributed by atoms with van der Waals surface area (Å²) in [7, 11) is 4.77. The number of amides is 1. The molecule has 6 nitrogen and oxygen atoms in total. The highest BCUT2D eigenvalue weighted by Crippen LogP contribution is 2.44. The maximum Gasteiger partial charge on any atom is 0.262 e. The van der Waals surface area contributed by atoms with Crippen LogP contribution >= 0.6 is 11.8 Å². The molecule has 2 aliphatic rings. The molecule has 4 rings (SSSR count). The number of carbonyl (C=O) groups excluding carboxylic acids is 1. The molecule has 2 aromatic carbocycles. The van der Waals surface area contributed by atoms with Gasteiger partial charge in [0.1, 0.15) is 0 Å². The summed E-state index contributed by atoms with van der Waals surface area (Å²) in [5, 5.41) is 3.58. The Morgan fingerprint density at radius 3 is 2.27 bits per heavy atom. The Bertz CT molecular complexity index is 986. The SMILES string of the molecule is COc1cc(/C=C2\SC(Nc3ccccc3)N([C@@H]3CCCC[C@@H]3C)C2=O)cc(OC)c1OC. The lowest BCUT2D eigenvalue weighted by Gasteiger charge is -2.39. The Labute approximate surface area is 200 Å². The summed E-state index contributed by atoms with van der Waals surface area (Å²) in [6.07, 6.45) is 6.51. The summed E-state index contributed by atoms with van der Waals surface area (Å²) < 4.78 is 16.4. The number of benzene rings is 2. The third kappa shape index (κ3) is 4.93. The molecule has 1 saturated heterocycles. The van der Waals surface area contributed by atoms with Crippen LogP contribution in [0.3, 0.4) is 0 Å². The first-order valence-corrected chi connectivity index (χ1v) is 12.3. The molecular formula is C26H32N2O4S. The van der Waals surface area contributed by atoms with Gasteiger partial charge in [-0.1, -0.05) is 49.7 Å². The normalized spacial score (nSPS) is 24.1. The average Bonchev–Trinajstić information content (AvgIpc) is 3.13. The fourth-order valence-corrected chi connectivity index (χ4v) is 5.91. The molecule has 1 heterocycles. The van der Waals surface area contributed by atoms with E-state index in [0.29, 0.717) is 28.1 Å². The number of hydrogen-bond acceptors (Lipinski definition) is 6.